The topological polar surface area (TPSA) is 60.7 Å². The van der Waals surface area contributed by atoms with Gasteiger partial charge in [-0.15, -0.1) is 0 Å². The van der Waals surface area contributed by atoms with Gasteiger partial charge >= 0.3 is 12.4 Å². The van der Waals surface area contributed by atoms with Gasteiger partial charge in [-0.2, -0.15) is 26.3 Å². The highest BCUT2D eigenvalue weighted by Crippen LogP contribution is 2.44. The van der Waals surface area contributed by atoms with E-state index >= 15 is 0 Å². The fourth-order valence-corrected chi connectivity index (χ4v) is 3.42. The van der Waals surface area contributed by atoms with Gasteiger partial charge in [-0.3, -0.25) is 0 Å². The third-order valence-electron chi connectivity index (χ3n) is 5.49. The molecule has 0 amide bonds. The van der Waals surface area contributed by atoms with Crippen molar-refractivity contribution in [2.24, 2.45) is 0 Å². The number of rotatable bonds is 9. The molecule has 0 fully saturated rings. The summed E-state index contributed by atoms with van der Waals surface area (Å²) in [6.45, 7) is 1.34. The van der Waals surface area contributed by atoms with Crippen LogP contribution in [0, 0.1) is 0 Å². The monoisotopic (exact) mass is 488 g/mol. The Kier molecular flexibility index (Phi) is 9.10. The first-order valence-corrected chi connectivity index (χ1v) is 10.5. The molecule has 2 aromatic carbocycles. The third-order valence-corrected chi connectivity index (χ3v) is 5.49. The van der Waals surface area contributed by atoms with Gasteiger partial charge in [0.15, 0.2) is 0 Å². The Bertz CT molecular complexity index is 1010. The number of aliphatic hydroxyl groups is 3. The first-order chi connectivity index (χ1) is 15.9. The number of hydrogen-bond donors (Lipinski definition) is 3. The number of hydrogen-bond acceptors (Lipinski definition) is 3. The molecule has 0 unspecified atom stereocenters. The molecule has 0 bridgehead atoms. The van der Waals surface area contributed by atoms with Gasteiger partial charge in [0.2, 0.25) is 0 Å². The zero-order valence-corrected chi connectivity index (χ0v) is 18.4. The summed E-state index contributed by atoms with van der Waals surface area (Å²) in [7, 11) is 0. The summed E-state index contributed by atoms with van der Waals surface area (Å²) < 4.78 is 77.0. The van der Waals surface area contributed by atoms with E-state index in [1.54, 1.807) is 37.3 Å². The van der Waals surface area contributed by atoms with Gasteiger partial charge in [-0.1, -0.05) is 61.5 Å². The van der Waals surface area contributed by atoms with Crippen molar-refractivity contribution in [3.63, 3.8) is 0 Å². The number of allylic oxidation sites excluding steroid dienone is 3. The zero-order valence-electron chi connectivity index (χ0n) is 18.4. The highest BCUT2D eigenvalue weighted by atomic mass is 19.4. The van der Waals surface area contributed by atoms with E-state index in [1.165, 1.54) is 0 Å². The summed E-state index contributed by atoms with van der Waals surface area (Å²) >= 11 is 0. The second-order valence-electron chi connectivity index (χ2n) is 7.79. The Labute approximate surface area is 193 Å². The smallest absolute Gasteiger partial charge is 0.392 e. The second-order valence-corrected chi connectivity index (χ2v) is 7.79. The van der Waals surface area contributed by atoms with Crippen LogP contribution in [0.2, 0.25) is 0 Å². The number of alkyl halides is 6. The maximum Gasteiger partial charge on any atom is 0.430 e. The van der Waals surface area contributed by atoms with Crippen molar-refractivity contribution in [3.8, 4) is 0 Å². The molecule has 9 heteroatoms. The molecule has 2 rings (SSSR count). The van der Waals surface area contributed by atoms with Crippen molar-refractivity contribution in [2.75, 3.05) is 0 Å². The number of aryl methyl sites for hydroxylation is 2. The molecule has 0 saturated heterocycles. The van der Waals surface area contributed by atoms with E-state index in [1.807, 2.05) is 12.1 Å². The van der Waals surface area contributed by atoms with Gasteiger partial charge in [-0.05, 0) is 58.7 Å². The SMILES string of the molecule is CC/C(=C\C=C\C(O)(C(F)(F)F)C(F)(F)F)c1cccc(CCc2ccc(CO)c(CO)c2)c1. The van der Waals surface area contributed by atoms with Crippen LogP contribution in [0.4, 0.5) is 26.3 Å². The number of benzene rings is 2. The van der Waals surface area contributed by atoms with Crippen LogP contribution < -0.4 is 0 Å². The Morgan fingerprint density at radius 1 is 0.824 bits per heavy atom. The molecule has 0 spiro atoms. The molecule has 0 radical (unpaired) electrons. The molecule has 2 aromatic rings. The Balaban J connectivity index is 2.22. The molecule has 0 atom stereocenters. The highest BCUT2D eigenvalue weighted by Gasteiger charge is 2.68. The van der Waals surface area contributed by atoms with E-state index in [2.05, 4.69) is 0 Å². The lowest BCUT2D eigenvalue weighted by Gasteiger charge is -2.29. The molecule has 0 aliphatic rings. The van der Waals surface area contributed by atoms with E-state index < -0.39 is 18.0 Å². The van der Waals surface area contributed by atoms with Gasteiger partial charge in [-0.25, -0.2) is 0 Å². The first-order valence-electron chi connectivity index (χ1n) is 10.5. The fraction of sp³-hybridized carbons (Fsp3) is 0.360. The van der Waals surface area contributed by atoms with Crippen LogP contribution in [0.25, 0.3) is 5.57 Å². The zero-order chi connectivity index (χ0) is 25.6. The summed E-state index contributed by atoms with van der Waals surface area (Å²) in [6.07, 6.45) is -8.84. The third kappa shape index (κ3) is 6.49. The quantitative estimate of drug-likeness (QED) is 0.315. The number of aliphatic hydroxyl groups excluding tert-OH is 2. The molecule has 0 aromatic heterocycles. The van der Waals surface area contributed by atoms with E-state index in [0.717, 1.165) is 17.2 Å². The lowest BCUT2D eigenvalue weighted by molar-refractivity contribution is -0.347. The average molecular weight is 488 g/mol. The standard InChI is InChI=1S/C25H26F6O3/c1-2-19(7-4-12-23(34,24(26,27)28)25(29,30)31)20-6-3-5-17(13-20)8-9-18-10-11-21(15-32)22(14-18)16-33/h3-7,10-14,32-34H,2,8-9,15-16H2,1H3/b12-4+,19-7+. The average Bonchev–Trinajstić information content (AvgIpc) is 2.78. The molecule has 0 aliphatic carbocycles. The van der Waals surface area contributed by atoms with E-state index in [0.29, 0.717) is 47.6 Å². The summed E-state index contributed by atoms with van der Waals surface area (Å²) in [4.78, 5) is 0. The van der Waals surface area contributed by atoms with Crippen molar-refractivity contribution in [3.05, 3.63) is 88.5 Å². The molecule has 34 heavy (non-hydrogen) atoms. The molecular formula is C25H26F6O3. The van der Waals surface area contributed by atoms with Crippen LogP contribution in [0.3, 0.4) is 0 Å². The van der Waals surface area contributed by atoms with E-state index in [4.69, 9.17) is 0 Å². The minimum atomic E-state index is -5.91. The maximum atomic E-state index is 12.8. The van der Waals surface area contributed by atoms with Crippen molar-refractivity contribution in [1.82, 2.24) is 0 Å². The summed E-state index contributed by atoms with van der Waals surface area (Å²) in [5.41, 5.74) is -0.676. The summed E-state index contributed by atoms with van der Waals surface area (Å²) in [6, 6.07) is 12.5. The molecule has 3 N–H and O–H groups in total. The first kappa shape index (κ1) is 27.6. The van der Waals surface area contributed by atoms with Gasteiger partial charge < -0.3 is 15.3 Å². The van der Waals surface area contributed by atoms with Crippen LogP contribution in [-0.4, -0.2) is 33.3 Å². The predicted molar refractivity (Wildman–Crippen MR) is 117 cm³/mol. The maximum absolute atomic E-state index is 12.8. The van der Waals surface area contributed by atoms with Crippen molar-refractivity contribution < 1.29 is 41.7 Å². The molecule has 0 saturated carbocycles. The predicted octanol–water partition coefficient (Wildman–Crippen LogP) is 5.66. The minimum absolute atomic E-state index is 0.178. The van der Waals surface area contributed by atoms with Crippen molar-refractivity contribution in [2.45, 2.75) is 57.4 Å². The van der Waals surface area contributed by atoms with Crippen LogP contribution in [0.15, 0.2) is 60.7 Å². The summed E-state index contributed by atoms with van der Waals surface area (Å²) in [5, 5.41) is 28.0. The lowest BCUT2D eigenvalue weighted by Crippen LogP contribution is -2.55. The Hall–Kier alpha value is -2.62. The van der Waals surface area contributed by atoms with E-state index in [9.17, 15) is 41.7 Å². The highest BCUT2D eigenvalue weighted by molar-refractivity contribution is 5.67. The van der Waals surface area contributed by atoms with Crippen molar-refractivity contribution >= 4 is 5.57 Å². The Morgan fingerprint density at radius 3 is 1.94 bits per heavy atom. The molecule has 0 heterocycles. The molecule has 0 aliphatic heterocycles. The normalized spacial score (nSPS) is 13.6. The molecule has 3 nitrogen and oxygen atoms in total. The van der Waals surface area contributed by atoms with Gasteiger partial charge in [0.25, 0.3) is 5.60 Å². The Morgan fingerprint density at radius 2 is 1.41 bits per heavy atom. The number of halogens is 6. The van der Waals surface area contributed by atoms with Crippen LogP contribution in [0.5, 0.6) is 0 Å². The van der Waals surface area contributed by atoms with Crippen LogP contribution >= 0.6 is 0 Å². The second kappa shape index (κ2) is 11.2. The van der Waals surface area contributed by atoms with Gasteiger partial charge in [0.1, 0.15) is 0 Å². The lowest BCUT2D eigenvalue weighted by atomic mass is 9.96. The molecular weight excluding hydrogens is 462 g/mol. The van der Waals surface area contributed by atoms with E-state index in [-0.39, 0.29) is 19.3 Å². The largest absolute Gasteiger partial charge is 0.430 e. The van der Waals surface area contributed by atoms with Gasteiger partial charge in [0.05, 0.1) is 13.2 Å². The molecule has 186 valence electrons. The minimum Gasteiger partial charge on any atom is -0.392 e. The van der Waals surface area contributed by atoms with Crippen LogP contribution in [0.1, 0.15) is 41.2 Å². The van der Waals surface area contributed by atoms with Crippen LogP contribution in [-0.2, 0) is 26.1 Å². The van der Waals surface area contributed by atoms with Gasteiger partial charge in [0, 0.05) is 0 Å². The summed E-state index contributed by atoms with van der Waals surface area (Å²) in [5.74, 6) is 0. The fourth-order valence-electron chi connectivity index (χ4n) is 3.42. The van der Waals surface area contributed by atoms with Crippen molar-refractivity contribution in [1.29, 1.82) is 0 Å².